The number of aryl methyl sites for hydroxylation is 1. The Hall–Kier alpha value is 0.140. The van der Waals surface area contributed by atoms with Crippen molar-refractivity contribution in [1.29, 1.82) is 0 Å². The second-order valence-corrected chi connectivity index (χ2v) is 4.47. The van der Waals surface area contributed by atoms with Crippen LogP contribution in [0.25, 0.3) is 0 Å². The molecule has 62 valence electrons. The van der Waals surface area contributed by atoms with E-state index in [9.17, 15) is 0 Å². The minimum atomic E-state index is -0.246. The van der Waals surface area contributed by atoms with Crippen molar-refractivity contribution >= 4 is 27.3 Å². The third kappa shape index (κ3) is 2.29. The monoisotopic (exact) mass is 234 g/mol. The van der Waals surface area contributed by atoms with Crippen molar-refractivity contribution in [2.75, 3.05) is 0 Å². The zero-order valence-corrected chi connectivity index (χ0v) is 9.00. The standard InChI is InChI=1S/C8H11BrOS/c1-5-4-11-7(8(5)9)3-6(2)10/h4,6,10H,3H2,1-2H3/t6-/m1/s1. The van der Waals surface area contributed by atoms with Crippen LogP contribution < -0.4 is 0 Å². The summed E-state index contributed by atoms with van der Waals surface area (Å²) in [5, 5.41) is 11.2. The summed E-state index contributed by atoms with van der Waals surface area (Å²) < 4.78 is 1.16. The van der Waals surface area contributed by atoms with Gasteiger partial charge in [0.1, 0.15) is 0 Å². The lowest BCUT2D eigenvalue weighted by atomic mass is 10.2. The van der Waals surface area contributed by atoms with Crippen molar-refractivity contribution in [3.8, 4) is 0 Å². The molecule has 1 heterocycles. The van der Waals surface area contributed by atoms with Crippen LogP contribution in [0.4, 0.5) is 0 Å². The van der Waals surface area contributed by atoms with E-state index in [1.807, 2.05) is 6.92 Å². The minimum absolute atomic E-state index is 0.246. The molecule has 0 aromatic carbocycles. The van der Waals surface area contributed by atoms with E-state index in [2.05, 4.69) is 28.2 Å². The zero-order valence-electron chi connectivity index (χ0n) is 6.60. The molecule has 0 amide bonds. The maximum atomic E-state index is 9.13. The Morgan fingerprint density at radius 2 is 2.36 bits per heavy atom. The van der Waals surface area contributed by atoms with Crippen LogP contribution in [0, 0.1) is 6.92 Å². The van der Waals surface area contributed by atoms with Crippen LogP contribution in [0.15, 0.2) is 9.85 Å². The Labute approximate surface area is 79.2 Å². The molecule has 1 nitrogen and oxygen atoms in total. The molecule has 0 fully saturated rings. The number of hydrogen-bond donors (Lipinski definition) is 1. The Kier molecular flexibility index (Phi) is 3.10. The summed E-state index contributed by atoms with van der Waals surface area (Å²) in [5.41, 5.74) is 1.26. The van der Waals surface area contributed by atoms with Crippen LogP contribution in [0.1, 0.15) is 17.4 Å². The number of halogens is 1. The highest BCUT2D eigenvalue weighted by Gasteiger charge is 2.07. The Balaban J connectivity index is 2.79. The summed E-state index contributed by atoms with van der Waals surface area (Å²) in [6, 6.07) is 0. The summed E-state index contributed by atoms with van der Waals surface area (Å²) in [7, 11) is 0. The molecule has 0 saturated carbocycles. The van der Waals surface area contributed by atoms with Crippen LogP contribution in [-0.4, -0.2) is 11.2 Å². The number of aliphatic hydroxyl groups is 1. The van der Waals surface area contributed by atoms with Gasteiger partial charge in [-0.2, -0.15) is 0 Å². The van der Waals surface area contributed by atoms with Gasteiger partial charge in [-0.1, -0.05) is 0 Å². The fourth-order valence-electron chi connectivity index (χ4n) is 0.889. The predicted molar refractivity (Wildman–Crippen MR) is 52.1 cm³/mol. The molecule has 0 unspecified atom stereocenters. The highest BCUT2D eigenvalue weighted by molar-refractivity contribution is 9.10. The molecule has 3 heteroatoms. The fraction of sp³-hybridized carbons (Fsp3) is 0.500. The summed E-state index contributed by atoms with van der Waals surface area (Å²) in [6.07, 6.45) is 0.503. The van der Waals surface area contributed by atoms with E-state index in [0.717, 1.165) is 10.9 Å². The van der Waals surface area contributed by atoms with Crippen LogP contribution in [0.3, 0.4) is 0 Å². The van der Waals surface area contributed by atoms with Crippen molar-refractivity contribution < 1.29 is 5.11 Å². The van der Waals surface area contributed by atoms with Crippen molar-refractivity contribution in [2.24, 2.45) is 0 Å². The van der Waals surface area contributed by atoms with Crippen molar-refractivity contribution in [3.63, 3.8) is 0 Å². The van der Waals surface area contributed by atoms with Crippen molar-refractivity contribution in [1.82, 2.24) is 0 Å². The Morgan fingerprint density at radius 1 is 1.73 bits per heavy atom. The number of thiophene rings is 1. The SMILES string of the molecule is Cc1csc(C[C@@H](C)O)c1Br. The van der Waals surface area contributed by atoms with Gasteiger partial charge in [-0.15, -0.1) is 11.3 Å². The number of aliphatic hydroxyl groups excluding tert-OH is 1. The first-order valence-corrected chi connectivity index (χ1v) is 5.19. The van der Waals surface area contributed by atoms with E-state index < -0.39 is 0 Å². The van der Waals surface area contributed by atoms with Crippen molar-refractivity contribution in [3.05, 3.63) is 20.3 Å². The largest absolute Gasteiger partial charge is 0.393 e. The molecule has 0 radical (unpaired) electrons. The summed E-state index contributed by atoms with van der Waals surface area (Å²) in [5.74, 6) is 0. The van der Waals surface area contributed by atoms with Crippen molar-refractivity contribution in [2.45, 2.75) is 26.4 Å². The summed E-state index contributed by atoms with van der Waals surface area (Å²) >= 11 is 5.18. The van der Waals surface area contributed by atoms with Crippen LogP contribution in [-0.2, 0) is 6.42 Å². The van der Waals surface area contributed by atoms with Crippen LogP contribution >= 0.6 is 27.3 Å². The summed E-state index contributed by atoms with van der Waals surface area (Å²) in [6.45, 7) is 3.87. The molecule has 1 atom stereocenters. The molecular weight excluding hydrogens is 224 g/mol. The lowest BCUT2D eigenvalue weighted by Crippen LogP contribution is -2.02. The van der Waals surface area contributed by atoms with Gasteiger partial charge in [0.25, 0.3) is 0 Å². The molecule has 1 aromatic heterocycles. The molecule has 11 heavy (non-hydrogen) atoms. The lowest BCUT2D eigenvalue weighted by Gasteiger charge is -2.01. The van der Waals surface area contributed by atoms with Gasteiger partial charge in [-0.25, -0.2) is 0 Å². The molecule has 0 spiro atoms. The van der Waals surface area contributed by atoms with E-state index in [1.165, 1.54) is 10.4 Å². The molecule has 1 N–H and O–H groups in total. The van der Waals surface area contributed by atoms with E-state index in [4.69, 9.17) is 5.11 Å². The van der Waals surface area contributed by atoms with Gasteiger partial charge in [-0.3, -0.25) is 0 Å². The third-order valence-electron chi connectivity index (χ3n) is 1.45. The molecule has 1 aromatic rings. The van der Waals surface area contributed by atoms with E-state index in [0.29, 0.717) is 0 Å². The first-order valence-electron chi connectivity index (χ1n) is 3.51. The van der Waals surface area contributed by atoms with E-state index in [1.54, 1.807) is 11.3 Å². The van der Waals surface area contributed by atoms with Gasteiger partial charge in [0.05, 0.1) is 6.10 Å². The fourth-order valence-corrected chi connectivity index (χ4v) is 2.64. The normalized spacial score (nSPS) is 13.5. The average molecular weight is 235 g/mol. The molecule has 1 rings (SSSR count). The number of rotatable bonds is 2. The van der Waals surface area contributed by atoms with Crippen LogP contribution in [0.5, 0.6) is 0 Å². The highest BCUT2D eigenvalue weighted by Crippen LogP contribution is 2.28. The Morgan fingerprint density at radius 3 is 2.73 bits per heavy atom. The third-order valence-corrected chi connectivity index (χ3v) is 3.94. The molecule has 0 aliphatic carbocycles. The molecule has 0 saturated heterocycles. The zero-order chi connectivity index (χ0) is 8.43. The Bertz CT molecular complexity index is 242. The van der Waals surface area contributed by atoms with Gasteiger partial charge in [-0.05, 0) is 40.7 Å². The average Bonchev–Trinajstić information content (AvgIpc) is 2.18. The van der Waals surface area contributed by atoms with E-state index in [-0.39, 0.29) is 6.10 Å². The smallest absolute Gasteiger partial charge is 0.0560 e. The number of hydrogen-bond acceptors (Lipinski definition) is 2. The van der Waals surface area contributed by atoms with E-state index >= 15 is 0 Å². The molecule has 0 aliphatic heterocycles. The van der Waals surface area contributed by atoms with Gasteiger partial charge in [0, 0.05) is 15.8 Å². The first-order chi connectivity index (χ1) is 5.11. The van der Waals surface area contributed by atoms with Gasteiger partial charge < -0.3 is 5.11 Å². The predicted octanol–water partition coefficient (Wildman–Crippen LogP) is 2.74. The van der Waals surface area contributed by atoms with Gasteiger partial charge >= 0.3 is 0 Å². The molecule has 0 bridgehead atoms. The minimum Gasteiger partial charge on any atom is -0.393 e. The second kappa shape index (κ2) is 3.70. The second-order valence-electron chi connectivity index (χ2n) is 2.71. The maximum absolute atomic E-state index is 9.13. The molecular formula is C8H11BrOS. The van der Waals surface area contributed by atoms with Gasteiger partial charge in [0.2, 0.25) is 0 Å². The summed E-state index contributed by atoms with van der Waals surface area (Å²) in [4.78, 5) is 1.23. The molecule has 0 aliphatic rings. The topological polar surface area (TPSA) is 20.2 Å². The van der Waals surface area contributed by atoms with Crippen LogP contribution in [0.2, 0.25) is 0 Å². The quantitative estimate of drug-likeness (QED) is 0.835. The van der Waals surface area contributed by atoms with Gasteiger partial charge in [0.15, 0.2) is 0 Å². The highest BCUT2D eigenvalue weighted by atomic mass is 79.9. The first kappa shape index (κ1) is 9.23. The lowest BCUT2D eigenvalue weighted by molar-refractivity contribution is 0.196. The maximum Gasteiger partial charge on any atom is 0.0560 e.